The molecule has 3 rings (SSSR count). The van der Waals surface area contributed by atoms with Gasteiger partial charge in [-0.2, -0.15) is 0 Å². The monoisotopic (exact) mass is 258 g/mol. The van der Waals surface area contributed by atoms with Crippen molar-refractivity contribution >= 4 is 11.6 Å². The topological polar surface area (TPSA) is 41.1 Å². The van der Waals surface area contributed by atoms with Gasteiger partial charge in [0.15, 0.2) is 0 Å². The summed E-state index contributed by atoms with van der Waals surface area (Å²) in [7, 11) is 0. The Bertz CT molecular complexity index is 477. The van der Waals surface area contributed by atoms with Gasteiger partial charge in [0.1, 0.15) is 0 Å². The number of rotatable bonds is 2. The fourth-order valence-electron chi connectivity index (χ4n) is 3.74. The van der Waals surface area contributed by atoms with Gasteiger partial charge in [-0.05, 0) is 68.3 Å². The summed E-state index contributed by atoms with van der Waals surface area (Å²) in [6, 6.07) is 6.20. The molecule has 0 aromatic heterocycles. The first-order valence-electron chi connectivity index (χ1n) is 7.26. The van der Waals surface area contributed by atoms with Crippen LogP contribution in [0.15, 0.2) is 18.2 Å². The van der Waals surface area contributed by atoms with E-state index >= 15 is 0 Å². The van der Waals surface area contributed by atoms with Gasteiger partial charge in [0.25, 0.3) is 0 Å². The molecule has 3 atom stereocenters. The van der Waals surface area contributed by atoms with Gasteiger partial charge in [0, 0.05) is 5.69 Å². The summed E-state index contributed by atoms with van der Waals surface area (Å²) in [5.41, 5.74) is 3.30. The van der Waals surface area contributed by atoms with Crippen molar-refractivity contribution in [3.63, 3.8) is 0 Å². The summed E-state index contributed by atoms with van der Waals surface area (Å²) in [5.74, 6) is 1.40. The highest BCUT2D eigenvalue weighted by molar-refractivity contribution is 5.95. The molecule has 2 N–H and O–H groups in total. The number of carbonyl (C=O) groups excluding carboxylic acids is 1. The Labute approximate surface area is 114 Å². The molecule has 1 aromatic carbocycles. The lowest BCUT2D eigenvalue weighted by Gasteiger charge is -2.18. The van der Waals surface area contributed by atoms with Crippen LogP contribution in [0.25, 0.3) is 0 Å². The van der Waals surface area contributed by atoms with E-state index in [1.165, 1.54) is 30.4 Å². The van der Waals surface area contributed by atoms with Crippen LogP contribution < -0.4 is 10.6 Å². The standard InChI is InChI=1S/C16H22N2O/c1-10-6-11(2)8-13(7-10)18-16(19)15-14-5-3-4-12(14)9-17-15/h6-8,12,14-15,17H,3-5,9H2,1-2H3,(H,18,19). The average Bonchev–Trinajstić information content (AvgIpc) is 2.87. The summed E-state index contributed by atoms with van der Waals surface area (Å²) < 4.78 is 0. The second kappa shape index (κ2) is 4.97. The Morgan fingerprint density at radius 1 is 1.21 bits per heavy atom. The van der Waals surface area contributed by atoms with E-state index in [0.29, 0.717) is 5.92 Å². The molecule has 1 saturated heterocycles. The van der Waals surface area contributed by atoms with Gasteiger partial charge in [-0.3, -0.25) is 4.79 Å². The molecule has 1 amide bonds. The smallest absolute Gasteiger partial charge is 0.241 e. The molecular weight excluding hydrogens is 236 g/mol. The molecule has 1 aromatic rings. The number of hydrogen-bond donors (Lipinski definition) is 2. The van der Waals surface area contributed by atoms with E-state index in [-0.39, 0.29) is 11.9 Å². The predicted molar refractivity (Wildman–Crippen MR) is 77.2 cm³/mol. The maximum absolute atomic E-state index is 12.4. The molecule has 0 bridgehead atoms. The van der Waals surface area contributed by atoms with Crippen LogP contribution in [0.1, 0.15) is 30.4 Å². The van der Waals surface area contributed by atoms with Crippen LogP contribution in [0.5, 0.6) is 0 Å². The van der Waals surface area contributed by atoms with E-state index < -0.39 is 0 Å². The third-order valence-corrected chi connectivity index (χ3v) is 4.52. The molecule has 1 aliphatic carbocycles. The lowest BCUT2D eigenvalue weighted by Crippen LogP contribution is -2.39. The number of nitrogens with one attached hydrogen (secondary N) is 2. The SMILES string of the molecule is Cc1cc(C)cc(NC(=O)C2NCC3CCCC32)c1. The van der Waals surface area contributed by atoms with Crippen LogP contribution in [-0.2, 0) is 4.79 Å². The molecular formula is C16H22N2O. The maximum Gasteiger partial charge on any atom is 0.241 e. The highest BCUT2D eigenvalue weighted by Gasteiger charge is 2.42. The Morgan fingerprint density at radius 3 is 2.68 bits per heavy atom. The first-order chi connectivity index (χ1) is 9.13. The predicted octanol–water partition coefficient (Wildman–Crippen LogP) is 2.63. The van der Waals surface area contributed by atoms with Crippen molar-refractivity contribution in [3.05, 3.63) is 29.3 Å². The molecule has 3 nitrogen and oxygen atoms in total. The van der Waals surface area contributed by atoms with Crippen LogP contribution >= 0.6 is 0 Å². The van der Waals surface area contributed by atoms with Gasteiger partial charge in [-0.15, -0.1) is 0 Å². The highest BCUT2D eigenvalue weighted by atomic mass is 16.2. The van der Waals surface area contributed by atoms with Gasteiger partial charge in [-0.1, -0.05) is 12.5 Å². The first kappa shape index (κ1) is 12.7. The zero-order chi connectivity index (χ0) is 13.4. The molecule has 19 heavy (non-hydrogen) atoms. The lowest BCUT2D eigenvalue weighted by atomic mass is 9.93. The fourth-order valence-corrected chi connectivity index (χ4v) is 3.74. The van der Waals surface area contributed by atoms with E-state index in [4.69, 9.17) is 0 Å². The second-order valence-corrected chi connectivity index (χ2v) is 6.11. The summed E-state index contributed by atoms with van der Waals surface area (Å²) in [5, 5.41) is 6.47. The quantitative estimate of drug-likeness (QED) is 0.856. The number of hydrogen-bond acceptors (Lipinski definition) is 2. The number of benzene rings is 1. The van der Waals surface area contributed by atoms with E-state index in [1.54, 1.807) is 0 Å². The third-order valence-electron chi connectivity index (χ3n) is 4.52. The highest BCUT2D eigenvalue weighted by Crippen LogP contribution is 2.38. The molecule has 102 valence electrons. The van der Waals surface area contributed by atoms with Crippen LogP contribution in [0.2, 0.25) is 0 Å². The van der Waals surface area contributed by atoms with Crippen molar-refractivity contribution in [2.24, 2.45) is 11.8 Å². The zero-order valence-electron chi connectivity index (χ0n) is 11.7. The number of aryl methyl sites for hydroxylation is 2. The molecule has 0 spiro atoms. The van der Waals surface area contributed by atoms with E-state index in [2.05, 4.69) is 30.5 Å². The molecule has 1 aliphatic heterocycles. The lowest BCUT2D eigenvalue weighted by molar-refractivity contribution is -0.118. The van der Waals surface area contributed by atoms with Gasteiger partial charge < -0.3 is 10.6 Å². The Hall–Kier alpha value is -1.35. The van der Waals surface area contributed by atoms with Crippen LogP contribution in [0, 0.1) is 25.7 Å². The first-order valence-corrected chi connectivity index (χ1v) is 7.26. The number of amides is 1. The van der Waals surface area contributed by atoms with Crippen LogP contribution in [-0.4, -0.2) is 18.5 Å². The number of carbonyl (C=O) groups is 1. The van der Waals surface area contributed by atoms with E-state index in [1.807, 2.05) is 12.1 Å². The van der Waals surface area contributed by atoms with Crippen molar-refractivity contribution in [2.45, 2.75) is 39.2 Å². The zero-order valence-corrected chi connectivity index (χ0v) is 11.7. The Morgan fingerprint density at radius 2 is 1.95 bits per heavy atom. The minimum absolute atomic E-state index is 0.00770. The largest absolute Gasteiger partial charge is 0.325 e. The molecule has 0 radical (unpaired) electrons. The number of anilines is 1. The second-order valence-electron chi connectivity index (χ2n) is 6.11. The van der Waals surface area contributed by atoms with Gasteiger partial charge >= 0.3 is 0 Å². The minimum atomic E-state index is 0.00770. The molecule has 1 heterocycles. The van der Waals surface area contributed by atoms with E-state index in [9.17, 15) is 4.79 Å². The molecule has 3 heteroatoms. The van der Waals surface area contributed by atoms with Crippen molar-refractivity contribution < 1.29 is 4.79 Å². The molecule has 2 fully saturated rings. The van der Waals surface area contributed by atoms with Crippen LogP contribution in [0.4, 0.5) is 5.69 Å². The normalized spacial score (nSPS) is 29.3. The Balaban J connectivity index is 1.71. The van der Waals surface area contributed by atoms with E-state index in [0.717, 1.165) is 18.2 Å². The minimum Gasteiger partial charge on any atom is -0.325 e. The summed E-state index contributed by atoms with van der Waals surface area (Å²) in [6.45, 7) is 5.13. The average molecular weight is 258 g/mol. The molecule has 3 unspecified atom stereocenters. The van der Waals surface area contributed by atoms with Crippen LogP contribution in [0.3, 0.4) is 0 Å². The van der Waals surface area contributed by atoms with Crippen molar-refractivity contribution in [3.8, 4) is 0 Å². The number of fused-ring (bicyclic) bond motifs is 1. The van der Waals surface area contributed by atoms with Crippen molar-refractivity contribution in [1.82, 2.24) is 5.32 Å². The van der Waals surface area contributed by atoms with Gasteiger partial charge in [-0.25, -0.2) is 0 Å². The molecule has 2 aliphatic rings. The van der Waals surface area contributed by atoms with Gasteiger partial charge in [0.2, 0.25) is 5.91 Å². The summed E-state index contributed by atoms with van der Waals surface area (Å²) >= 11 is 0. The Kier molecular flexibility index (Phi) is 3.31. The van der Waals surface area contributed by atoms with Crippen molar-refractivity contribution in [1.29, 1.82) is 0 Å². The summed E-state index contributed by atoms with van der Waals surface area (Å²) in [4.78, 5) is 12.4. The fraction of sp³-hybridized carbons (Fsp3) is 0.562. The maximum atomic E-state index is 12.4. The summed E-state index contributed by atoms with van der Waals surface area (Å²) in [6.07, 6.45) is 3.76. The van der Waals surface area contributed by atoms with Gasteiger partial charge in [0.05, 0.1) is 6.04 Å². The van der Waals surface area contributed by atoms with Crippen molar-refractivity contribution in [2.75, 3.05) is 11.9 Å². The third kappa shape index (κ3) is 2.52. The molecule has 1 saturated carbocycles.